The van der Waals surface area contributed by atoms with Gasteiger partial charge in [0.2, 0.25) is 0 Å². The molecule has 14 heavy (non-hydrogen) atoms. The largest absolute Gasteiger partial charge is 0.378 e. The molecule has 0 aromatic carbocycles. The van der Waals surface area contributed by atoms with Crippen molar-refractivity contribution in [3.8, 4) is 0 Å². The Morgan fingerprint density at radius 2 is 1.50 bits per heavy atom. The van der Waals surface area contributed by atoms with E-state index in [1.807, 2.05) is 0 Å². The summed E-state index contributed by atoms with van der Waals surface area (Å²) >= 11 is 0. The van der Waals surface area contributed by atoms with Crippen LogP contribution >= 0.6 is 0 Å². The highest BCUT2D eigenvalue weighted by atomic mass is 16.5. The lowest BCUT2D eigenvalue weighted by atomic mass is 10.1. The minimum Gasteiger partial charge on any atom is -0.378 e. The van der Waals surface area contributed by atoms with Gasteiger partial charge in [0.05, 0.1) is 6.10 Å². The van der Waals surface area contributed by atoms with E-state index in [9.17, 15) is 0 Å². The third-order valence-electron chi connectivity index (χ3n) is 2.69. The van der Waals surface area contributed by atoms with Gasteiger partial charge in [-0.3, -0.25) is 0 Å². The Kier molecular flexibility index (Phi) is 11.0. The molecule has 1 unspecified atom stereocenters. The average Bonchev–Trinajstić information content (AvgIpc) is 2.22. The van der Waals surface area contributed by atoms with Gasteiger partial charge in [-0.1, -0.05) is 52.9 Å². The summed E-state index contributed by atoms with van der Waals surface area (Å²) in [4.78, 5) is 0. The Morgan fingerprint density at radius 1 is 0.857 bits per heavy atom. The van der Waals surface area contributed by atoms with Crippen molar-refractivity contribution in [1.29, 1.82) is 0 Å². The summed E-state index contributed by atoms with van der Waals surface area (Å²) in [6, 6.07) is 0. The van der Waals surface area contributed by atoms with Gasteiger partial charge in [-0.2, -0.15) is 0 Å². The van der Waals surface area contributed by atoms with Crippen molar-refractivity contribution in [1.82, 2.24) is 0 Å². The highest BCUT2D eigenvalue weighted by Gasteiger charge is 2.04. The number of unbranched alkanes of at least 4 members (excludes halogenated alkanes) is 4. The SMILES string of the molecule is CCCCCOC(CC)CCCCC. The van der Waals surface area contributed by atoms with Crippen LogP contribution in [-0.2, 0) is 4.74 Å². The fraction of sp³-hybridized carbons (Fsp3) is 1.00. The van der Waals surface area contributed by atoms with Gasteiger partial charge in [-0.25, -0.2) is 0 Å². The lowest BCUT2D eigenvalue weighted by Gasteiger charge is -2.15. The second-order valence-electron chi connectivity index (χ2n) is 4.10. The quantitative estimate of drug-likeness (QED) is 0.470. The first-order chi connectivity index (χ1) is 6.85. The molecular weight excluding hydrogens is 172 g/mol. The van der Waals surface area contributed by atoms with Crippen LogP contribution in [-0.4, -0.2) is 12.7 Å². The summed E-state index contributed by atoms with van der Waals surface area (Å²) in [6.07, 6.45) is 10.8. The van der Waals surface area contributed by atoms with E-state index in [0.29, 0.717) is 6.10 Å². The van der Waals surface area contributed by atoms with E-state index in [4.69, 9.17) is 4.74 Å². The zero-order valence-electron chi connectivity index (χ0n) is 10.3. The monoisotopic (exact) mass is 200 g/mol. The Balaban J connectivity index is 3.28. The molecule has 0 saturated carbocycles. The van der Waals surface area contributed by atoms with Gasteiger partial charge in [0, 0.05) is 6.61 Å². The van der Waals surface area contributed by atoms with Crippen molar-refractivity contribution in [2.75, 3.05) is 6.61 Å². The molecule has 86 valence electrons. The fourth-order valence-corrected chi connectivity index (χ4v) is 1.63. The smallest absolute Gasteiger partial charge is 0.0572 e. The van der Waals surface area contributed by atoms with Crippen LogP contribution in [0.1, 0.15) is 72.1 Å². The summed E-state index contributed by atoms with van der Waals surface area (Å²) < 4.78 is 5.84. The van der Waals surface area contributed by atoms with Crippen molar-refractivity contribution >= 4 is 0 Å². The maximum atomic E-state index is 5.84. The molecule has 0 N–H and O–H groups in total. The Morgan fingerprint density at radius 3 is 2.07 bits per heavy atom. The zero-order valence-corrected chi connectivity index (χ0v) is 10.3. The van der Waals surface area contributed by atoms with E-state index >= 15 is 0 Å². The summed E-state index contributed by atoms with van der Waals surface area (Å²) in [5, 5.41) is 0. The molecule has 1 atom stereocenters. The van der Waals surface area contributed by atoms with Gasteiger partial charge in [0.25, 0.3) is 0 Å². The van der Waals surface area contributed by atoms with Crippen molar-refractivity contribution in [3.63, 3.8) is 0 Å². The van der Waals surface area contributed by atoms with Crippen molar-refractivity contribution in [2.45, 2.75) is 78.2 Å². The van der Waals surface area contributed by atoms with Crippen molar-refractivity contribution in [3.05, 3.63) is 0 Å². The first-order valence-electron chi connectivity index (χ1n) is 6.46. The van der Waals surface area contributed by atoms with Gasteiger partial charge in [-0.05, 0) is 19.3 Å². The number of ether oxygens (including phenoxy) is 1. The van der Waals surface area contributed by atoms with E-state index in [1.54, 1.807) is 0 Å². The molecule has 0 amide bonds. The first kappa shape index (κ1) is 14.0. The molecule has 0 aliphatic rings. The summed E-state index contributed by atoms with van der Waals surface area (Å²) in [6.45, 7) is 7.69. The first-order valence-corrected chi connectivity index (χ1v) is 6.46. The summed E-state index contributed by atoms with van der Waals surface area (Å²) in [5.41, 5.74) is 0. The highest BCUT2D eigenvalue weighted by Crippen LogP contribution is 2.10. The van der Waals surface area contributed by atoms with E-state index in [-0.39, 0.29) is 0 Å². The van der Waals surface area contributed by atoms with E-state index < -0.39 is 0 Å². The van der Waals surface area contributed by atoms with E-state index in [1.165, 1.54) is 51.4 Å². The lowest BCUT2D eigenvalue weighted by molar-refractivity contribution is 0.0409. The molecule has 0 heterocycles. The normalized spacial score (nSPS) is 13.1. The van der Waals surface area contributed by atoms with Gasteiger partial charge in [0.15, 0.2) is 0 Å². The zero-order chi connectivity index (χ0) is 10.6. The van der Waals surface area contributed by atoms with Crippen LogP contribution in [0.25, 0.3) is 0 Å². The van der Waals surface area contributed by atoms with E-state index in [2.05, 4.69) is 20.8 Å². The number of rotatable bonds is 10. The Labute approximate surface area is 90.2 Å². The van der Waals surface area contributed by atoms with Crippen LogP contribution < -0.4 is 0 Å². The van der Waals surface area contributed by atoms with E-state index in [0.717, 1.165) is 6.61 Å². The highest BCUT2D eigenvalue weighted by molar-refractivity contribution is 4.55. The maximum Gasteiger partial charge on any atom is 0.0572 e. The van der Waals surface area contributed by atoms with Crippen LogP contribution in [0.5, 0.6) is 0 Å². The molecule has 0 aromatic heterocycles. The molecule has 0 aliphatic carbocycles. The third kappa shape index (κ3) is 8.55. The van der Waals surface area contributed by atoms with Crippen LogP contribution in [0, 0.1) is 0 Å². The minimum atomic E-state index is 0.526. The predicted octanol–water partition coefficient (Wildman–Crippen LogP) is 4.55. The summed E-state index contributed by atoms with van der Waals surface area (Å²) in [5.74, 6) is 0. The molecule has 0 fully saturated rings. The molecule has 0 bridgehead atoms. The molecule has 0 aliphatic heterocycles. The third-order valence-corrected chi connectivity index (χ3v) is 2.69. The standard InChI is InChI=1S/C13H28O/c1-4-7-9-11-13(6-3)14-12-10-8-5-2/h13H,4-12H2,1-3H3. The number of hydrogen-bond donors (Lipinski definition) is 0. The average molecular weight is 200 g/mol. The molecule has 0 aromatic rings. The fourth-order valence-electron chi connectivity index (χ4n) is 1.63. The maximum absolute atomic E-state index is 5.84. The van der Waals surface area contributed by atoms with Crippen LogP contribution in [0.3, 0.4) is 0 Å². The molecule has 0 radical (unpaired) electrons. The molecule has 1 heteroatoms. The van der Waals surface area contributed by atoms with Gasteiger partial charge >= 0.3 is 0 Å². The molecule has 1 nitrogen and oxygen atoms in total. The van der Waals surface area contributed by atoms with Crippen molar-refractivity contribution < 1.29 is 4.74 Å². The second kappa shape index (κ2) is 11.0. The summed E-state index contributed by atoms with van der Waals surface area (Å²) in [7, 11) is 0. The lowest BCUT2D eigenvalue weighted by Crippen LogP contribution is -2.12. The molecular formula is C13H28O. The van der Waals surface area contributed by atoms with Crippen molar-refractivity contribution in [2.24, 2.45) is 0 Å². The molecule has 0 spiro atoms. The van der Waals surface area contributed by atoms with Gasteiger partial charge in [0.1, 0.15) is 0 Å². The molecule has 0 saturated heterocycles. The van der Waals surface area contributed by atoms with Crippen LogP contribution in [0.4, 0.5) is 0 Å². The van der Waals surface area contributed by atoms with Gasteiger partial charge in [-0.15, -0.1) is 0 Å². The second-order valence-corrected chi connectivity index (χ2v) is 4.10. The predicted molar refractivity (Wildman–Crippen MR) is 63.7 cm³/mol. The number of hydrogen-bond acceptors (Lipinski definition) is 1. The van der Waals surface area contributed by atoms with Gasteiger partial charge < -0.3 is 4.74 Å². The Hall–Kier alpha value is -0.0400. The van der Waals surface area contributed by atoms with Crippen LogP contribution in [0.2, 0.25) is 0 Å². The van der Waals surface area contributed by atoms with Crippen LogP contribution in [0.15, 0.2) is 0 Å². The topological polar surface area (TPSA) is 9.23 Å². The Bertz CT molecular complexity index is 101. The minimum absolute atomic E-state index is 0.526. The molecule has 0 rings (SSSR count).